The molecule has 154 valence electrons. The van der Waals surface area contributed by atoms with E-state index in [0.29, 0.717) is 30.3 Å². The van der Waals surface area contributed by atoms with Crippen LogP contribution < -0.4 is 14.8 Å². The molecular formula is C22H26N2O4S. The van der Waals surface area contributed by atoms with Crippen LogP contribution in [0, 0.1) is 0 Å². The van der Waals surface area contributed by atoms with Crippen LogP contribution in [0.2, 0.25) is 0 Å². The maximum Gasteiger partial charge on any atom is 0.246 e. The number of carbonyl (C=O) groups is 2. The van der Waals surface area contributed by atoms with Crippen molar-refractivity contribution in [1.29, 1.82) is 0 Å². The van der Waals surface area contributed by atoms with Gasteiger partial charge in [0.1, 0.15) is 6.04 Å². The number of carbonyl (C=O) groups excluding carboxylic acids is 2. The summed E-state index contributed by atoms with van der Waals surface area (Å²) in [6.45, 7) is 2.53. The van der Waals surface area contributed by atoms with E-state index in [9.17, 15) is 9.59 Å². The number of rotatable bonds is 7. The second kappa shape index (κ2) is 9.69. The number of hydrogen-bond acceptors (Lipinski definition) is 5. The Balaban J connectivity index is 1.73. The van der Waals surface area contributed by atoms with Crippen LogP contribution in [0.15, 0.2) is 47.4 Å². The highest BCUT2D eigenvalue weighted by atomic mass is 32.2. The van der Waals surface area contributed by atoms with E-state index in [-0.39, 0.29) is 11.8 Å². The molecule has 0 aromatic heterocycles. The number of fused-ring (bicyclic) bond motifs is 1. The van der Waals surface area contributed by atoms with E-state index in [0.717, 1.165) is 22.4 Å². The van der Waals surface area contributed by atoms with Crippen LogP contribution in [-0.4, -0.2) is 49.3 Å². The Bertz CT molecular complexity index is 873. The third-order valence-corrected chi connectivity index (χ3v) is 5.97. The normalized spacial score (nSPS) is 14.0. The molecule has 0 aliphatic carbocycles. The third-order valence-electron chi connectivity index (χ3n) is 4.87. The smallest absolute Gasteiger partial charge is 0.246 e. The summed E-state index contributed by atoms with van der Waals surface area (Å²) in [6, 6.07) is 13.2. The van der Waals surface area contributed by atoms with Crippen LogP contribution in [-0.2, 0) is 22.6 Å². The van der Waals surface area contributed by atoms with E-state index in [1.165, 1.54) is 6.92 Å². The van der Waals surface area contributed by atoms with Crippen molar-refractivity contribution in [3.05, 3.63) is 53.6 Å². The molecule has 0 bridgehead atoms. The van der Waals surface area contributed by atoms with E-state index in [1.54, 1.807) is 30.9 Å². The molecule has 29 heavy (non-hydrogen) atoms. The van der Waals surface area contributed by atoms with Crippen LogP contribution in [0.3, 0.4) is 0 Å². The molecule has 0 saturated heterocycles. The van der Waals surface area contributed by atoms with Crippen molar-refractivity contribution in [3.8, 4) is 11.5 Å². The minimum absolute atomic E-state index is 0.0657. The first kappa shape index (κ1) is 21.0. The fourth-order valence-electron chi connectivity index (χ4n) is 3.41. The van der Waals surface area contributed by atoms with E-state index in [2.05, 4.69) is 5.32 Å². The van der Waals surface area contributed by atoms with Gasteiger partial charge in [-0.05, 0) is 41.8 Å². The molecule has 1 heterocycles. The van der Waals surface area contributed by atoms with Gasteiger partial charge in [-0.1, -0.05) is 18.2 Å². The SMILES string of the molecule is COc1cc2c(cc1OC)CN(C(=O)C(CSc1ccccc1)NC(C)=O)CC2. The Morgan fingerprint density at radius 2 is 1.76 bits per heavy atom. The van der Waals surface area contributed by atoms with Crippen LogP contribution in [0.1, 0.15) is 18.1 Å². The van der Waals surface area contributed by atoms with Crippen LogP contribution in [0.4, 0.5) is 0 Å². The van der Waals surface area contributed by atoms with Gasteiger partial charge in [0.2, 0.25) is 11.8 Å². The summed E-state index contributed by atoms with van der Waals surface area (Å²) in [5, 5.41) is 2.82. The summed E-state index contributed by atoms with van der Waals surface area (Å²) in [6.07, 6.45) is 0.736. The van der Waals surface area contributed by atoms with Gasteiger partial charge in [0.05, 0.1) is 14.2 Å². The molecule has 1 unspecified atom stereocenters. The fraction of sp³-hybridized carbons (Fsp3) is 0.364. The second-order valence-corrected chi connectivity index (χ2v) is 7.96. The summed E-state index contributed by atoms with van der Waals surface area (Å²) in [5.74, 6) is 1.56. The topological polar surface area (TPSA) is 67.9 Å². The predicted octanol–water partition coefficient (Wildman–Crippen LogP) is 2.89. The molecule has 1 atom stereocenters. The molecule has 0 saturated carbocycles. The van der Waals surface area contributed by atoms with Gasteiger partial charge in [0.25, 0.3) is 0 Å². The molecular weight excluding hydrogens is 388 g/mol. The minimum Gasteiger partial charge on any atom is -0.493 e. The summed E-state index contributed by atoms with van der Waals surface area (Å²) in [5.41, 5.74) is 2.20. The summed E-state index contributed by atoms with van der Waals surface area (Å²) in [7, 11) is 3.22. The number of methoxy groups -OCH3 is 2. The highest BCUT2D eigenvalue weighted by molar-refractivity contribution is 7.99. The van der Waals surface area contributed by atoms with Crippen LogP contribution in [0.5, 0.6) is 11.5 Å². The molecule has 0 spiro atoms. The first-order chi connectivity index (χ1) is 14.0. The van der Waals surface area contributed by atoms with Gasteiger partial charge in [-0.25, -0.2) is 0 Å². The van der Waals surface area contributed by atoms with Crippen molar-refractivity contribution >= 4 is 23.6 Å². The van der Waals surface area contributed by atoms with Gasteiger partial charge in [0, 0.05) is 30.7 Å². The number of nitrogens with one attached hydrogen (secondary N) is 1. The van der Waals surface area contributed by atoms with Gasteiger partial charge in [-0.15, -0.1) is 11.8 Å². The van der Waals surface area contributed by atoms with E-state index in [1.807, 2.05) is 42.5 Å². The molecule has 0 radical (unpaired) electrons. The van der Waals surface area contributed by atoms with E-state index in [4.69, 9.17) is 9.47 Å². The quantitative estimate of drug-likeness (QED) is 0.706. The lowest BCUT2D eigenvalue weighted by atomic mass is 9.98. The van der Waals surface area contributed by atoms with Gasteiger partial charge in [-0.3, -0.25) is 9.59 Å². The molecule has 1 aliphatic heterocycles. The summed E-state index contributed by atoms with van der Waals surface area (Å²) >= 11 is 1.56. The predicted molar refractivity (Wildman–Crippen MR) is 113 cm³/mol. The lowest BCUT2D eigenvalue weighted by Gasteiger charge is -2.32. The average Bonchev–Trinajstić information content (AvgIpc) is 2.75. The molecule has 0 fully saturated rings. The summed E-state index contributed by atoms with van der Waals surface area (Å²) in [4.78, 5) is 27.7. The fourth-order valence-corrected chi connectivity index (χ4v) is 4.34. The number of amides is 2. The zero-order chi connectivity index (χ0) is 20.8. The van der Waals surface area contributed by atoms with Gasteiger partial charge < -0.3 is 19.7 Å². The maximum absolute atomic E-state index is 13.2. The molecule has 1 aliphatic rings. The molecule has 2 aromatic rings. The Morgan fingerprint density at radius 1 is 1.10 bits per heavy atom. The van der Waals surface area contributed by atoms with Crippen LogP contribution >= 0.6 is 11.8 Å². The van der Waals surface area contributed by atoms with E-state index < -0.39 is 6.04 Å². The standard InChI is InChI=1S/C22H26N2O4S/c1-15(25)23-19(14-29-18-7-5-4-6-8-18)22(26)24-10-9-16-11-20(27-2)21(28-3)12-17(16)13-24/h4-8,11-12,19H,9-10,13-14H2,1-3H3,(H,23,25). The van der Waals surface area contributed by atoms with Gasteiger partial charge in [-0.2, -0.15) is 0 Å². The Hall–Kier alpha value is -2.67. The largest absolute Gasteiger partial charge is 0.493 e. The Morgan fingerprint density at radius 3 is 2.38 bits per heavy atom. The Kier molecular flexibility index (Phi) is 7.04. The monoisotopic (exact) mass is 414 g/mol. The maximum atomic E-state index is 13.2. The molecule has 2 amide bonds. The number of thioether (sulfide) groups is 1. The molecule has 7 heteroatoms. The number of nitrogens with zero attached hydrogens (tertiary/aromatic N) is 1. The van der Waals surface area contributed by atoms with Gasteiger partial charge >= 0.3 is 0 Å². The van der Waals surface area contributed by atoms with Crippen molar-refractivity contribution in [2.24, 2.45) is 0 Å². The number of hydrogen-bond donors (Lipinski definition) is 1. The lowest BCUT2D eigenvalue weighted by molar-refractivity contribution is -0.136. The molecule has 3 rings (SSSR count). The minimum atomic E-state index is -0.570. The van der Waals surface area contributed by atoms with Gasteiger partial charge in [0.15, 0.2) is 11.5 Å². The van der Waals surface area contributed by atoms with Crippen LogP contribution in [0.25, 0.3) is 0 Å². The van der Waals surface area contributed by atoms with Crippen molar-refractivity contribution in [1.82, 2.24) is 10.2 Å². The second-order valence-electron chi connectivity index (χ2n) is 6.86. The zero-order valence-corrected chi connectivity index (χ0v) is 17.8. The average molecular weight is 415 g/mol. The molecule has 6 nitrogen and oxygen atoms in total. The highest BCUT2D eigenvalue weighted by Gasteiger charge is 2.29. The highest BCUT2D eigenvalue weighted by Crippen LogP contribution is 2.33. The summed E-state index contributed by atoms with van der Waals surface area (Å²) < 4.78 is 10.8. The molecule has 1 N–H and O–H groups in total. The Labute approximate surface area is 175 Å². The van der Waals surface area contributed by atoms with E-state index >= 15 is 0 Å². The van der Waals surface area contributed by atoms with Crippen molar-refractivity contribution in [3.63, 3.8) is 0 Å². The number of benzene rings is 2. The zero-order valence-electron chi connectivity index (χ0n) is 16.9. The third kappa shape index (κ3) is 5.23. The first-order valence-electron chi connectivity index (χ1n) is 9.49. The van der Waals surface area contributed by atoms with Crippen molar-refractivity contribution < 1.29 is 19.1 Å². The van der Waals surface area contributed by atoms with Crippen molar-refractivity contribution in [2.75, 3.05) is 26.5 Å². The molecule has 2 aromatic carbocycles. The lowest BCUT2D eigenvalue weighted by Crippen LogP contribution is -2.50. The van der Waals surface area contributed by atoms with Crippen molar-refractivity contribution in [2.45, 2.75) is 30.8 Å². The first-order valence-corrected chi connectivity index (χ1v) is 10.5. The number of ether oxygens (including phenoxy) is 2.